The second kappa shape index (κ2) is 4.57. The first-order chi connectivity index (χ1) is 8.49. The molecule has 0 amide bonds. The molecule has 0 aromatic carbocycles. The molecule has 6 nitrogen and oxygen atoms in total. The fraction of sp³-hybridized carbons (Fsp3) is 0. The Morgan fingerprint density at radius 3 is 2.61 bits per heavy atom. The van der Waals surface area contributed by atoms with E-state index in [0.29, 0.717) is 0 Å². The summed E-state index contributed by atoms with van der Waals surface area (Å²) in [4.78, 5) is 7.08. The van der Waals surface area contributed by atoms with Gasteiger partial charge in [-0.3, -0.25) is 9.71 Å². The van der Waals surface area contributed by atoms with Crippen LogP contribution >= 0.6 is 0 Å². The Labute approximate surface area is 103 Å². The van der Waals surface area contributed by atoms with Crippen LogP contribution in [0.3, 0.4) is 0 Å². The lowest BCUT2D eigenvalue weighted by Gasteiger charge is -2.08. The number of aromatic nitrogens is 2. The Kier molecular flexibility index (Phi) is 3.11. The lowest BCUT2D eigenvalue weighted by atomic mass is 10.4. The molecule has 94 valence electrons. The van der Waals surface area contributed by atoms with E-state index in [2.05, 4.69) is 14.7 Å². The Morgan fingerprint density at radius 2 is 2.00 bits per heavy atom. The summed E-state index contributed by atoms with van der Waals surface area (Å²) in [5, 5.41) is 0. The molecule has 0 atom stereocenters. The van der Waals surface area contributed by atoms with Crippen LogP contribution in [0, 0.1) is 5.82 Å². The largest absolute Gasteiger partial charge is 0.384 e. The Bertz CT molecular complexity index is 658. The van der Waals surface area contributed by atoms with Gasteiger partial charge in [0.05, 0.1) is 11.9 Å². The molecule has 3 N–H and O–H groups in total. The maximum Gasteiger partial charge on any atom is 0.263 e. The summed E-state index contributed by atoms with van der Waals surface area (Å²) in [5.41, 5.74) is 5.17. The zero-order chi connectivity index (χ0) is 13.2. The summed E-state index contributed by atoms with van der Waals surface area (Å²) < 4.78 is 39.1. The van der Waals surface area contributed by atoms with Crippen molar-refractivity contribution in [2.45, 2.75) is 4.90 Å². The monoisotopic (exact) mass is 268 g/mol. The highest BCUT2D eigenvalue weighted by Crippen LogP contribution is 2.17. The summed E-state index contributed by atoms with van der Waals surface area (Å²) in [6.45, 7) is 0. The molecule has 2 aromatic rings. The smallest absolute Gasteiger partial charge is 0.263 e. The molecular formula is C10H9FN4O2S. The third kappa shape index (κ3) is 2.54. The zero-order valence-electron chi connectivity index (χ0n) is 9.04. The minimum atomic E-state index is -3.89. The zero-order valence-corrected chi connectivity index (χ0v) is 9.86. The average Bonchev–Trinajstić information content (AvgIpc) is 2.32. The van der Waals surface area contributed by atoms with E-state index >= 15 is 0 Å². The van der Waals surface area contributed by atoms with Gasteiger partial charge in [0, 0.05) is 12.4 Å². The lowest BCUT2D eigenvalue weighted by molar-refractivity contribution is 0.597. The molecule has 0 aliphatic heterocycles. The molecule has 18 heavy (non-hydrogen) atoms. The number of nitrogen functional groups attached to an aromatic ring is 1. The van der Waals surface area contributed by atoms with Gasteiger partial charge >= 0.3 is 0 Å². The van der Waals surface area contributed by atoms with E-state index in [4.69, 9.17) is 5.73 Å². The number of pyridine rings is 2. The van der Waals surface area contributed by atoms with E-state index in [1.54, 1.807) is 0 Å². The molecule has 0 unspecified atom stereocenters. The summed E-state index contributed by atoms with van der Waals surface area (Å²) in [6, 6.07) is 3.85. The van der Waals surface area contributed by atoms with E-state index in [1.165, 1.54) is 24.4 Å². The molecular weight excluding hydrogens is 259 g/mol. The Morgan fingerprint density at radius 1 is 1.22 bits per heavy atom. The number of nitrogens with two attached hydrogens (primary N) is 1. The van der Waals surface area contributed by atoms with Crippen LogP contribution in [-0.2, 0) is 10.0 Å². The van der Waals surface area contributed by atoms with Gasteiger partial charge in [-0.05, 0) is 18.2 Å². The van der Waals surface area contributed by atoms with E-state index in [0.717, 1.165) is 12.4 Å². The maximum atomic E-state index is 13.3. The van der Waals surface area contributed by atoms with Crippen LogP contribution in [-0.4, -0.2) is 18.4 Å². The number of anilines is 2. The molecule has 0 radical (unpaired) electrons. The third-order valence-electron chi connectivity index (χ3n) is 2.09. The van der Waals surface area contributed by atoms with Gasteiger partial charge in [-0.1, -0.05) is 0 Å². The van der Waals surface area contributed by atoms with Gasteiger partial charge in [-0.25, -0.2) is 17.8 Å². The van der Waals surface area contributed by atoms with Crippen LogP contribution in [0.15, 0.2) is 41.7 Å². The second-order valence-electron chi connectivity index (χ2n) is 3.38. The Balaban J connectivity index is 2.33. The average molecular weight is 268 g/mol. The molecule has 2 aromatic heterocycles. The van der Waals surface area contributed by atoms with E-state index in [1.807, 2.05) is 0 Å². The van der Waals surface area contributed by atoms with Gasteiger partial charge in [-0.2, -0.15) is 0 Å². The van der Waals surface area contributed by atoms with Crippen molar-refractivity contribution in [3.05, 3.63) is 42.6 Å². The van der Waals surface area contributed by atoms with Crippen LogP contribution in [0.25, 0.3) is 0 Å². The predicted molar refractivity (Wildman–Crippen MR) is 63.7 cm³/mol. The summed E-state index contributed by atoms with van der Waals surface area (Å²) in [6.07, 6.45) is 3.29. The van der Waals surface area contributed by atoms with Crippen LogP contribution in [0.2, 0.25) is 0 Å². The number of nitrogens with one attached hydrogen (secondary N) is 1. The van der Waals surface area contributed by atoms with Crippen LogP contribution in [0.4, 0.5) is 15.9 Å². The first kappa shape index (κ1) is 12.2. The van der Waals surface area contributed by atoms with Gasteiger partial charge in [-0.15, -0.1) is 0 Å². The van der Waals surface area contributed by atoms with Crippen molar-refractivity contribution in [2.24, 2.45) is 0 Å². The quantitative estimate of drug-likeness (QED) is 0.865. The first-order valence-corrected chi connectivity index (χ1v) is 6.31. The van der Waals surface area contributed by atoms with Crippen molar-refractivity contribution in [1.82, 2.24) is 9.97 Å². The number of halogens is 1. The molecule has 2 heterocycles. The molecule has 0 saturated heterocycles. The highest BCUT2D eigenvalue weighted by Gasteiger charge is 2.16. The fourth-order valence-electron chi connectivity index (χ4n) is 1.21. The number of hydrogen-bond acceptors (Lipinski definition) is 5. The number of rotatable bonds is 3. The molecule has 0 fully saturated rings. The highest BCUT2D eigenvalue weighted by molar-refractivity contribution is 7.92. The minimum absolute atomic E-state index is 0.104. The van der Waals surface area contributed by atoms with Gasteiger partial charge in [0.25, 0.3) is 10.0 Å². The molecule has 0 spiro atoms. The topological polar surface area (TPSA) is 98.0 Å². The molecule has 0 saturated carbocycles. The first-order valence-electron chi connectivity index (χ1n) is 4.83. The minimum Gasteiger partial charge on any atom is -0.384 e. The Hall–Kier alpha value is -2.22. The van der Waals surface area contributed by atoms with Gasteiger partial charge in [0.15, 0.2) is 5.82 Å². The van der Waals surface area contributed by atoms with Crippen molar-refractivity contribution < 1.29 is 12.8 Å². The second-order valence-corrected chi connectivity index (χ2v) is 5.06. The summed E-state index contributed by atoms with van der Waals surface area (Å²) in [7, 11) is -3.89. The molecule has 0 aliphatic carbocycles. The molecule has 0 aliphatic rings. The summed E-state index contributed by atoms with van der Waals surface area (Å²) in [5.74, 6) is -0.562. The third-order valence-corrected chi connectivity index (χ3v) is 3.44. The van der Waals surface area contributed by atoms with Gasteiger partial charge in [0.1, 0.15) is 10.7 Å². The van der Waals surface area contributed by atoms with Crippen LogP contribution in [0.1, 0.15) is 0 Å². The highest BCUT2D eigenvalue weighted by atomic mass is 32.2. The molecule has 0 bridgehead atoms. The van der Waals surface area contributed by atoms with Crippen LogP contribution in [0.5, 0.6) is 0 Å². The number of hydrogen-bond donors (Lipinski definition) is 2. The standard InChI is InChI=1S/C10H9FN4O2S/c11-8-6-13-4-3-9(8)15-18(16,17)7-1-2-10(12)14-5-7/h1-6H,(H2,12,14)(H,13,15). The SMILES string of the molecule is Nc1ccc(S(=O)(=O)Nc2ccncc2F)cn1. The van der Waals surface area contributed by atoms with Crippen molar-refractivity contribution >= 4 is 21.5 Å². The summed E-state index contributed by atoms with van der Waals surface area (Å²) >= 11 is 0. The van der Waals surface area contributed by atoms with Gasteiger partial charge < -0.3 is 5.73 Å². The predicted octanol–water partition coefficient (Wildman–Crippen LogP) is 0.999. The molecule has 8 heteroatoms. The van der Waals surface area contributed by atoms with Crippen LogP contribution < -0.4 is 10.5 Å². The normalized spacial score (nSPS) is 11.2. The van der Waals surface area contributed by atoms with E-state index in [9.17, 15) is 12.8 Å². The van der Waals surface area contributed by atoms with Gasteiger partial charge in [0.2, 0.25) is 0 Å². The number of nitrogens with zero attached hydrogens (tertiary/aromatic N) is 2. The van der Waals surface area contributed by atoms with E-state index in [-0.39, 0.29) is 16.4 Å². The molecule has 2 rings (SSSR count). The fourth-order valence-corrected chi connectivity index (χ4v) is 2.22. The van der Waals surface area contributed by atoms with Crippen molar-refractivity contribution in [3.63, 3.8) is 0 Å². The van der Waals surface area contributed by atoms with Crippen molar-refractivity contribution in [2.75, 3.05) is 10.5 Å². The van der Waals surface area contributed by atoms with Crippen molar-refractivity contribution in [1.29, 1.82) is 0 Å². The maximum absolute atomic E-state index is 13.3. The lowest BCUT2D eigenvalue weighted by Crippen LogP contribution is -2.14. The van der Waals surface area contributed by atoms with Crippen molar-refractivity contribution in [3.8, 4) is 0 Å². The van der Waals surface area contributed by atoms with E-state index < -0.39 is 15.8 Å². The number of sulfonamides is 1.